The molecule has 0 unspecified atom stereocenters. The Labute approximate surface area is 194 Å². The number of aromatic amines is 1. The number of H-pyrrole nitrogens is 1. The van der Waals surface area contributed by atoms with E-state index in [9.17, 15) is 0 Å². The van der Waals surface area contributed by atoms with Gasteiger partial charge in [-0.3, -0.25) is 0 Å². The molecular weight excluding hydrogens is 420 g/mol. The summed E-state index contributed by atoms with van der Waals surface area (Å²) < 4.78 is 6.26. The summed E-state index contributed by atoms with van der Waals surface area (Å²) in [6, 6.07) is 17.9. The second-order valence-electron chi connectivity index (χ2n) is 10.0. The predicted molar refractivity (Wildman–Crippen MR) is 133 cm³/mol. The van der Waals surface area contributed by atoms with Crippen LogP contribution >= 0.6 is 11.6 Å². The predicted octanol–water partition coefficient (Wildman–Crippen LogP) is 7.74. The number of halogens is 1. The first-order valence-electron chi connectivity index (χ1n) is 10.7. The van der Waals surface area contributed by atoms with Gasteiger partial charge in [-0.2, -0.15) is 4.98 Å². The number of anilines is 2. The first-order valence-corrected chi connectivity index (χ1v) is 11.1. The van der Waals surface area contributed by atoms with Crippen LogP contribution in [0.25, 0.3) is 11.0 Å². The van der Waals surface area contributed by atoms with Gasteiger partial charge in [0.2, 0.25) is 11.8 Å². The molecule has 5 nitrogen and oxygen atoms in total. The molecule has 4 rings (SSSR count). The summed E-state index contributed by atoms with van der Waals surface area (Å²) in [6.07, 6.45) is 0. The van der Waals surface area contributed by atoms with Crippen molar-refractivity contribution in [1.29, 1.82) is 0 Å². The molecule has 166 valence electrons. The van der Waals surface area contributed by atoms with Crippen LogP contribution in [0.1, 0.15) is 52.7 Å². The van der Waals surface area contributed by atoms with Gasteiger partial charge in [-0.1, -0.05) is 77.4 Å². The third-order valence-electron chi connectivity index (χ3n) is 5.33. The van der Waals surface area contributed by atoms with Crippen molar-refractivity contribution >= 4 is 34.3 Å². The van der Waals surface area contributed by atoms with Crippen LogP contribution in [0.4, 0.5) is 11.6 Å². The van der Waals surface area contributed by atoms with Crippen molar-refractivity contribution in [2.75, 3.05) is 5.32 Å². The maximum absolute atomic E-state index is 6.26. The number of nitrogens with one attached hydrogen (secondary N) is 2. The Bertz CT molecular complexity index is 1270. The molecule has 2 aromatic carbocycles. The molecule has 0 fully saturated rings. The van der Waals surface area contributed by atoms with Gasteiger partial charge in [0.1, 0.15) is 16.6 Å². The zero-order valence-electron chi connectivity index (χ0n) is 19.4. The summed E-state index contributed by atoms with van der Waals surface area (Å²) in [5.74, 6) is 1.76. The van der Waals surface area contributed by atoms with Crippen LogP contribution in [0.2, 0.25) is 5.15 Å². The number of rotatable bonds is 4. The average Bonchev–Trinajstić information content (AvgIpc) is 3.10. The monoisotopic (exact) mass is 448 g/mol. The summed E-state index contributed by atoms with van der Waals surface area (Å²) in [4.78, 5) is 12.5. The van der Waals surface area contributed by atoms with E-state index in [-0.39, 0.29) is 10.8 Å². The number of ether oxygens (including phenoxy) is 1. The second kappa shape index (κ2) is 8.14. The van der Waals surface area contributed by atoms with Crippen molar-refractivity contribution < 1.29 is 4.74 Å². The van der Waals surface area contributed by atoms with Crippen molar-refractivity contribution in [3.8, 4) is 11.6 Å². The van der Waals surface area contributed by atoms with Crippen LogP contribution in [0.5, 0.6) is 11.6 Å². The number of nitrogens with zero attached hydrogens (tertiary/aromatic N) is 2. The number of aromatic nitrogens is 3. The molecule has 0 aliphatic rings. The van der Waals surface area contributed by atoms with Crippen LogP contribution in [0.15, 0.2) is 54.6 Å². The van der Waals surface area contributed by atoms with Crippen LogP contribution in [-0.2, 0) is 10.8 Å². The fraction of sp³-hybridized carbons (Fsp3) is 0.308. The van der Waals surface area contributed by atoms with Gasteiger partial charge in [-0.05, 0) is 46.7 Å². The highest BCUT2D eigenvalue weighted by atomic mass is 35.5. The summed E-state index contributed by atoms with van der Waals surface area (Å²) >= 11 is 6.20. The number of fused-ring (bicyclic) bond motifs is 1. The normalized spacial score (nSPS) is 12.2. The highest BCUT2D eigenvalue weighted by molar-refractivity contribution is 6.29. The van der Waals surface area contributed by atoms with Crippen molar-refractivity contribution in [3.05, 3.63) is 70.9 Å². The Kier molecular flexibility index (Phi) is 5.63. The van der Waals surface area contributed by atoms with Gasteiger partial charge in [0.25, 0.3) is 0 Å². The van der Waals surface area contributed by atoms with Gasteiger partial charge < -0.3 is 15.0 Å². The molecule has 0 aliphatic heterocycles. The van der Waals surface area contributed by atoms with Gasteiger partial charge in [0.05, 0.1) is 11.0 Å². The Balaban J connectivity index is 1.68. The van der Waals surface area contributed by atoms with Crippen LogP contribution in [0, 0.1) is 0 Å². The largest absolute Gasteiger partial charge is 0.437 e. The molecule has 0 aliphatic carbocycles. The van der Waals surface area contributed by atoms with Crippen molar-refractivity contribution in [3.63, 3.8) is 0 Å². The number of hydrogen-bond donors (Lipinski definition) is 2. The lowest BCUT2D eigenvalue weighted by molar-refractivity contribution is 0.442. The molecule has 0 saturated carbocycles. The van der Waals surface area contributed by atoms with Crippen molar-refractivity contribution in [2.45, 2.75) is 52.4 Å². The number of benzene rings is 2. The molecule has 0 radical (unpaired) electrons. The lowest BCUT2D eigenvalue weighted by Gasteiger charge is -2.22. The van der Waals surface area contributed by atoms with Gasteiger partial charge in [-0.15, -0.1) is 0 Å². The number of pyridine rings is 1. The fourth-order valence-electron chi connectivity index (χ4n) is 3.53. The summed E-state index contributed by atoms with van der Waals surface area (Å²) in [7, 11) is 0. The number of para-hydroxylation sites is 1. The minimum atomic E-state index is -0.0771. The minimum absolute atomic E-state index is 0.0639. The second-order valence-corrected chi connectivity index (χ2v) is 10.4. The van der Waals surface area contributed by atoms with E-state index in [0.29, 0.717) is 22.7 Å². The van der Waals surface area contributed by atoms with E-state index in [2.05, 4.69) is 80.0 Å². The maximum atomic E-state index is 6.26. The van der Waals surface area contributed by atoms with Gasteiger partial charge in [0.15, 0.2) is 0 Å². The van der Waals surface area contributed by atoms with Crippen molar-refractivity contribution in [1.82, 2.24) is 15.0 Å². The molecule has 0 saturated heterocycles. The van der Waals surface area contributed by atoms with E-state index >= 15 is 0 Å². The molecule has 0 bridgehead atoms. The lowest BCUT2D eigenvalue weighted by atomic mass is 9.86. The Morgan fingerprint density at radius 3 is 2.34 bits per heavy atom. The first kappa shape index (κ1) is 22.2. The summed E-state index contributed by atoms with van der Waals surface area (Å²) in [6.45, 7) is 13.0. The Hall–Kier alpha value is -3.05. The maximum Gasteiger partial charge on any atom is 0.244 e. The van der Waals surface area contributed by atoms with E-state index in [1.165, 1.54) is 5.56 Å². The van der Waals surface area contributed by atoms with Crippen molar-refractivity contribution in [2.24, 2.45) is 0 Å². The third-order valence-corrected chi connectivity index (χ3v) is 5.54. The summed E-state index contributed by atoms with van der Waals surface area (Å²) in [5, 5.41) is 3.67. The van der Waals surface area contributed by atoms with E-state index in [4.69, 9.17) is 16.3 Å². The van der Waals surface area contributed by atoms with E-state index in [1.54, 1.807) is 6.07 Å². The molecule has 2 N–H and O–H groups in total. The highest BCUT2D eigenvalue weighted by Crippen LogP contribution is 2.37. The number of hydrogen-bond acceptors (Lipinski definition) is 4. The van der Waals surface area contributed by atoms with E-state index in [1.807, 2.05) is 30.3 Å². The molecule has 0 spiro atoms. The Morgan fingerprint density at radius 2 is 1.62 bits per heavy atom. The molecule has 4 aromatic rings. The zero-order valence-corrected chi connectivity index (χ0v) is 20.1. The molecule has 2 aromatic heterocycles. The van der Waals surface area contributed by atoms with Gasteiger partial charge in [0, 0.05) is 5.56 Å². The van der Waals surface area contributed by atoms with Gasteiger partial charge >= 0.3 is 0 Å². The van der Waals surface area contributed by atoms with Crippen LogP contribution < -0.4 is 10.1 Å². The third kappa shape index (κ3) is 4.73. The Morgan fingerprint density at radius 1 is 0.875 bits per heavy atom. The molecule has 0 amide bonds. The fourth-order valence-corrected chi connectivity index (χ4v) is 3.67. The molecule has 0 atom stereocenters. The standard InChI is InChI=1S/C26H29ClN4O/c1-25(2,3)16-11-12-18-20(15-16)30-24(28-18)29-19-13-14-22(27)31-23(19)32-21-10-8-7-9-17(21)26(4,5)6/h7-15H,1-6H3,(H2,28,29,30). The van der Waals surface area contributed by atoms with Crippen LogP contribution in [-0.4, -0.2) is 15.0 Å². The van der Waals surface area contributed by atoms with E-state index in [0.717, 1.165) is 22.3 Å². The number of imidazole rings is 1. The topological polar surface area (TPSA) is 62.8 Å². The highest BCUT2D eigenvalue weighted by Gasteiger charge is 2.21. The molecule has 2 heterocycles. The SMILES string of the molecule is CC(C)(C)c1ccc2nc(Nc3ccc(Cl)nc3Oc3ccccc3C(C)(C)C)[nH]c2c1. The molecular formula is C26H29ClN4O. The smallest absolute Gasteiger partial charge is 0.244 e. The first-order chi connectivity index (χ1) is 15.0. The zero-order chi connectivity index (χ0) is 23.1. The molecule has 6 heteroatoms. The van der Waals surface area contributed by atoms with Gasteiger partial charge in [-0.25, -0.2) is 4.98 Å². The lowest BCUT2D eigenvalue weighted by Crippen LogP contribution is -2.12. The average molecular weight is 449 g/mol. The van der Waals surface area contributed by atoms with Crippen LogP contribution in [0.3, 0.4) is 0 Å². The minimum Gasteiger partial charge on any atom is -0.437 e. The molecule has 32 heavy (non-hydrogen) atoms. The quantitative estimate of drug-likeness (QED) is 0.313. The van der Waals surface area contributed by atoms with E-state index < -0.39 is 0 Å². The summed E-state index contributed by atoms with van der Waals surface area (Å²) in [5.41, 5.74) is 4.86.